The number of hydrogen-bond donors (Lipinski definition) is 2. The van der Waals surface area contributed by atoms with E-state index in [2.05, 4.69) is 5.32 Å². The van der Waals surface area contributed by atoms with Crippen LogP contribution < -0.4 is 20.1 Å². The average Bonchev–Trinajstić information content (AvgIpc) is 2.73. The second-order valence-electron chi connectivity index (χ2n) is 6.66. The number of rotatable bonds is 8. The van der Waals surface area contributed by atoms with Gasteiger partial charge in [-0.25, -0.2) is 0 Å². The predicted octanol–water partition coefficient (Wildman–Crippen LogP) is 4.45. The van der Waals surface area contributed by atoms with Crippen LogP contribution in [-0.2, 0) is 11.3 Å². The van der Waals surface area contributed by atoms with Gasteiger partial charge in [-0.3, -0.25) is 4.79 Å². The number of anilines is 1. The van der Waals surface area contributed by atoms with Crippen molar-refractivity contribution in [1.82, 2.24) is 0 Å². The van der Waals surface area contributed by atoms with Gasteiger partial charge < -0.3 is 20.1 Å². The van der Waals surface area contributed by atoms with Gasteiger partial charge in [-0.15, -0.1) is 0 Å². The second-order valence-corrected chi connectivity index (χ2v) is 7.54. The summed E-state index contributed by atoms with van der Waals surface area (Å²) in [6.45, 7) is 0.573. The van der Waals surface area contributed by atoms with E-state index in [1.165, 1.54) is 0 Å². The predicted molar refractivity (Wildman–Crippen MR) is 119 cm³/mol. The molecule has 0 aromatic heterocycles. The van der Waals surface area contributed by atoms with Crippen molar-refractivity contribution in [2.24, 2.45) is 0 Å². The highest BCUT2D eigenvalue weighted by Gasteiger charge is 2.24. The maximum Gasteiger partial charge on any atom is 0.287 e. The van der Waals surface area contributed by atoms with E-state index in [1.54, 1.807) is 32.4 Å². The van der Waals surface area contributed by atoms with Crippen LogP contribution in [0.4, 0.5) is 5.69 Å². The monoisotopic (exact) mass is 445 g/mol. The molecule has 0 spiro atoms. The molecule has 3 aromatic carbocycles. The van der Waals surface area contributed by atoms with Gasteiger partial charge in [0.25, 0.3) is 5.91 Å². The van der Waals surface area contributed by atoms with Crippen LogP contribution in [0.2, 0.25) is 10.0 Å². The minimum Gasteiger partial charge on any atom is -0.493 e. The first kappa shape index (κ1) is 22.0. The number of methoxy groups -OCH3 is 2. The number of benzene rings is 3. The molecule has 3 aromatic rings. The minimum absolute atomic E-state index is 0.167. The maximum atomic E-state index is 13.1. The zero-order valence-electron chi connectivity index (χ0n) is 16.7. The van der Waals surface area contributed by atoms with Crippen LogP contribution in [0.25, 0.3) is 0 Å². The van der Waals surface area contributed by atoms with E-state index < -0.39 is 6.04 Å². The number of hydrogen-bond acceptors (Lipinski definition) is 3. The third kappa shape index (κ3) is 5.66. The molecule has 30 heavy (non-hydrogen) atoms. The van der Waals surface area contributed by atoms with Gasteiger partial charge >= 0.3 is 0 Å². The van der Waals surface area contributed by atoms with Crippen LogP contribution >= 0.6 is 23.2 Å². The average molecular weight is 446 g/mol. The Kier molecular flexibility index (Phi) is 7.57. The Hall–Kier alpha value is -2.73. The quantitative estimate of drug-likeness (QED) is 0.537. The van der Waals surface area contributed by atoms with Gasteiger partial charge in [0.15, 0.2) is 17.5 Å². The van der Waals surface area contributed by atoms with E-state index in [4.69, 9.17) is 32.7 Å². The molecular formula is C23H23Cl2N2O3+. The fourth-order valence-corrected chi connectivity index (χ4v) is 3.69. The van der Waals surface area contributed by atoms with E-state index in [0.29, 0.717) is 33.8 Å². The van der Waals surface area contributed by atoms with E-state index in [1.807, 2.05) is 53.8 Å². The van der Waals surface area contributed by atoms with Gasteiger partial charge in [0.1, 0.15) is 6.54 Å². The molecule has 0 aliphatic heterocycles. The normalized spacial score (nSPS) is 11.6. The Balaban J connectivity index is 1.80. The summed E-state index contributed by atoms with van der Waals surface area (Å²) in [6, 6.07) is 19.8. The third-order valence-corrected chi connectivity index (χ3v) is 5.04. The lowest BCUT2D eigenvalue weighted by Gasteiger charge is -2.17. The lowest BCUT2D eigenvalue weighted by molar-refractivity contribution is -0.697. The fourth-order valence-electron chi connectivity index (χ4n) is 3.16. The topological polar surface area (TPSA) is 64.2 Å². The molecule has 7 heteroatoms. The smallest absolute Gasteiger partial charge is 0.287 e. The highest BCUT2D eigenvalue weighted by Crippen LogP contribution is 2.27. The van der Waals surface area contributed by atoms with Gasteiger partial charge in [0.05, 0.1) is 14.2 Å². The SMILES string of the molecule is COc1ccc(C[NH2+][C@@H](C(=O)Nc2cc(Cl)cc(Cl)c2)c2ccccc2)cc1OC. The summed E-state index contributed by atoms with van der Waals surface area (Å²) in [6.07, 6.45) is 0. The lowest BCUT2D eigenvalue weighted by Crippen LogP contribution is -2.85. The zero-order valence-corrected chi connectivity index (χ0v) is 18.2. The molecule has 0 bridgehead atoms. The first-order chi connectivity index (χ1) is 14.5. The van der Waals surface area contributed by atoms with Crippen LogP contribution in [-0.4, -0.2) is 20.1 Å². The van der Waals surface area contributed by atoms with Crippen molar-refractivity contribution in [3.05, 3.63) is 87.9 Å². The van der Waals surface area contributed by atoms with Crippen molar-refractivity contribution in [3.8, 4) is 11.5 Å². The molecule has 0 fully saturated rings. The summed E-state index contributed by atoms with van der Waals surface area (Å²) in [7, 11) is 3.20. The highest BCUT2D eigenvalue weighted by atomic mass is 35.5. The fraction of sp³-hybridized carbons (Fsp3) is 0.174. The molecule has 0 radical (unpaired) electrons. The zero-order chi connectivity index (χ0) is 21.5. The number of nitrogens with two attached hydrogens (primary N) is 1. The number of carbonyl (C=O) groups excluding carboxylic acids is 1. The summed E-state index contributed by atoms with van der Waals surface area (Å²) in [5.74, 6) is 1.15. The molecule has 0 unspecified atom stereocenters. The van der Waals surface area contributed by atoms with E-state index in [-0.39, 0.29) is 5.91 Å². The third-order valence-electron chi connectivity index (χ3n) is 4.61. The molecule has 0 saturated heterocycles. The summed E-state index contributed by atoms with van der Waals surface area (Å²) in [5, 5.41) is 5.81. The minimum atomic E-state index is -0.461. The van der Waals surface area contributed by atoms with Crippen molar-refractivity contribution in [2.45, 2.75) is 12.6 Å². The van der Waals surface area contributed by atoms with E-state index >= 15 is 0 Å². The Labute approximate surface area is 185 Å². The van der Waals surface area contributed by atoms with Gasteiger partial charge in [-0.1, -0.05) is 53.5 Å². The lowest BCUT2D eigenvalue weighted by atomic mass is 10.1. The number of quaternary nitrogens is 1. The molecule has 1 atom stereocenters. The molecule has 5 nitrogen and oxygen atoms in total. The van der Waals surface area contributed by atoms with Gasteiger partial charge in [-0.2, -0.15) is 0 Å². The maximum absolute atomic E-state index is 13.1. The second kappa shape index (κ2) is 10.3. The first-order valence-corrected chi connectivity index (χ1v) is 10.1. The highest BCUT2D eigenvalue weighted by molar-refractivity contribution is 6.35. The number of carbonyl (C=O) groups is 1. The van der Waals surface area contributed by atoms with Crippen LogP contribution in [0.5, 0.6) is 11.5 Å². The van der Waals surface area contributed by atoms with Crippen molar-refractivity contribution in [1.29, 1.82) is 0 Å². The summed E-state index contributed by atoms with van der Waals surface area (Å²) >= 11 is 12.1. The molecule has 3 N–H and O–H groups in total. The Morgan fingerprint density at radius 2 is 1.60 bits per heavy atom. The molecule has 3 rings (SSSR count). The largest absolute Gasteiger partial charge is 0.493 e. The van der Waals surface area contributed by atoms with Gasteiger partial charge in [0, 0.05) is 26.9 Å². The standard InChI is InChI=1S/C23H22Cl2N2O3/c1-29-20-9-8-15(10-21(20)30-2)14-26-22(16-6-4-3-5-7-16)23(28)27-19-12-17(24)11-18(25)13-19/h3-13,22,26H,14H2,1-2H3,(H,27,28)/p+1/t22-/m1/s1. The molecule has 1 amide bonds. The van der Waals surface area contributed by atoms with E-state index in [0.717, 1.165) is 11.1 Å². The summed E-state index contributed by atoms with van der Waals surface area (Å²) in [5.41, 5.74) is 2.45. The Morgan fingerprint density at radius 1 is 0.933 bits per heavy atom. The summed E-state index contributed by atoms with van der Waals surface area (Å²) < 4.78 is 10.7. The van der Waals surface area contributed by atoms with Crippen molar-refractivity contribution >= 4 is 34.8 Å². The number of ether oxygens (including phenoxy) is 2. The van der Waals surface area contributed by atoms with Crippen LogP contribution in [0.1, 0.15) is 17.2 Å². The van der Waals surface area contributed by atoms with Crippen LogP contribution in [0.3, 0.4) is 0 Å². The van der Waals surface area contributed by atoms with Crippen LogP contribution in [0.15, 0.2) is 66.7 Å². The number of amides is 1. The number of nitrogens with one attached hydrogen (secondary N) is 1. The van der Waals surface area contributed by atoms with Gasteiger partial charge in [0.2, 0.25) is 0 Å². The molecule has 0 aliphatic rings. The Bertz CT molecular complexity index is 992. The Morgan fingerprint density at radius 3 is 2.23 bits per heavy atom. The van der Waals surface area contributed by atoms with E-state index in [9.17, 15) is 4.79 Å². The molecule has 0 heterocycles. The van der Waals surface area contributed by atoms with Gasteiger partial charge in [-0.05, 0) is 36.4 Å². The summed E-state index contributed by atoms with van der Waals surface area (Å²) in [4.78, 5) is 13.1. The molecule has 0 aliphatic carbocycles. The number of halogens is 2. The van der Waals surface area contributed by atoms with Crippen molar-refractivity contribution in [2.75, 3.05) is 19.5 Å². The molecule has 156 valence electrons. The van der Waals surface area contributed by atoms with Crippen molar-refractivity contribution in [3.63, 3.8) is 0 Å². The van der Waals surface area contributed by atoms with Crippen LogP contribution in [0, 0.1) is 0 Å². The first-order valence-electron chi connectivity index (χ1n) is 9.36. The van der Waals surface area contributed by atoms with Crippen molar-refractivity contribution < 1.29 is 19.6 Å². The molecule has 0 saturated carbocycles. The molecular weight excluding hydrogens is 423 g/mol.